The molecule has 0 spiro atoms. The van der Waals surface area contributed by atoms with Gasteiger partial charge in [-0.3, -0.25) is 9.59 Å². The number of nitrogens with zero attached hydrogens (tertiary/aromatic N) is 1. The second kappa shape index (κ2) is 6.19. The summed E-state index contributed by atoms with van der Waals surface area (Å²) in [6.45, 7) is 2.50. The van der Waals surface area contributed by atoms with E-state index in [9.17, 15) is 18.0 Å². The van der Waals surface area contributed by atoms with Crippen LogP contribution in [0.3, 0.4) is 0 Å². The number of rotatable bonds is 4. The molecular formula is C14H17NO4S2. The van der Waals surface area contributed by atoms with Crippen LogP contribution in [0.1, 0.15) is 18.9 Å². The number of benzene rings is 1. The van der Waals surface area contributed by atoms with Crippen LogP contribution < -0.4 is 0 Å². The molecule has 1 unspecified atom stereocenters. The van der Waals surface area contributed by atoms with Gasteiger partial charge in [0.15, 0.2) is 15.0 Å². The highest BCUT2D eigenvalue weighted by molar-refractivity contribution is 8.14. The molecule has 1 aromatic rings. The summed E-state index contributed by atoms with van der Waals surface area (Å²) in [7, 11) is -3.20. The van der Waals surface area contributed by atoms with Crippen molar-refractivity contribution >= 4 is 32.6 Å². The van der Waals surface area contributed by atoms with Gasteiger partial charge < -0.3 is 4.90 Å². The minimum atomic E-state index is -3.20. The van der Waals surface area contributed by atoms with Gasteiger partial charge in [-0.15, -0.1) is 0 Å². The van der Waals surface area contributed by atoms with Gasteiger partial charge in [0, 0.05) is 37.9 Å². The summed E-state index contributed by atoms with van der Waals surface area (Å²) in [5.41, 5.74) is 0.879. The number of carbonyl (C=O) groups excluding carboxylic acids is 2. The molecule has 1 aliphatic heterocycles. The second-order valence-corrected chi connectivity index (χ2v) is 8.62. The summed E-state index contributed by atoms with van der Waals surface area (Å²) in [4.78, 5) is 25.0. The Labute approximate surface area is 128 Å². The molecule has 0 saturated carbocycles. The maximum absolute atomic E-state index is 11.9. The highest BCUT2D eigenvalue weighted by atomic mass is 32.2. The molecule has 0 aromatic heterocycles. The number of hydrogen-bond acceptors (Lipinski definition) is 5. The lowest BCUT2D eigenvalue weighted by Crippen LogP contribution is -2.25. The molecule has 1 aliphatic rings. The van der Waals surface area contributed by atoms with Crippen molar-refractivity contribution in [3.63, 3.8) is 0 Å². The molecule has 0 aliphatic carbocycles. The molecule has 1 amide bonds. The number of sulfone groups is 1. The highest BCUT2D eigenvalue weighted by Gasteiger charge is 2.30. The van der Waals surface area contributed by atoms with Gasteiger partial charge in [0.2, 0.25) is 5.91 Å². The third-order valence-corrected chi connectivity index (χ3v) is 5.35. The number of likely N-dealkylation sites (tertiary alicyclic amines) is 1. The predicted octanol–water partition coefficient (Wildman–Crippen LogP) is 1.47. The zero-order valence-corrected chi connectivity index (χ0v) is 13.5. The third-order valence-electron chi connectivity index (χ3n) is 3.24. The molecule has 2 rings (SSSR count). The van der Waals surface area contributed by atoms with Crippen LogP contribution in [0.4, 0.5) is 0 Å². The van der Waals surface area contributed by atoms with E-state index in [1.807, 2.05) is 0 Å². The van der Waals surface area contributed by atoms with E-state index in [-0.39, 0.29) is 21.2 Å². The largest absolute Gasteiger partial charge is 0.337 e. The van der Waals surface area contributed by atoms with Crippen molar-refractivity contribution in [2.75, 3.05) is 12.8 Å². The fraction of sp³-hybridized carbons (Fsp3) is 0.429. The summed E-state index contributed by atoms with van der Waals surface area (Å²) < 4.78 is 22.8. The van der Waals surface area contributed by atoms with Gasteiger partial charge in [-0.25, -0.2) is 8.42 Å². The SMILES string of the molecule is CC(=O)SC1CC(=O)N(Cc2ccc(S(C)(=O)=O)cc2)C1. The van der Waals surface area contributed by atoms with Crippen molar-refractivity contribution in [3.8, 4) is 0 Å². The standard InChI is InChI=1S/C14H17NO4S2/c1-10(16)20-12-7-14(17)15(9-12)8-11-3-5-13(6-4-11)21(2,18)19/h3-6,12H,7-9H2,1-2H3. The van der Waals surface area contributed by atoms with Crippen LogP contribution in [0.15, 0.2) is 29.2 Å². The van der Waals surface area contributed by atoms with E-state index in [1.54, 1.807) is 29.2 Å². The van der Waals surface area contributed by atoms with E-state index in [0.29, 0.717) is 19.5 Å². The monoisotopic (exact) mass is 327 g/mol. The van der Waals surface area contributed by atoms with E-state index in [2.05, 4.69) is 0 Å². The molecule has 1 aromatic carbocycles. The minimum absolute atomic E-state index is 0.0188. The Bertz CT molecular complexity index is 652. The molecule has 0 radical (unpaired) electrons. The van der Waals surface area contributed by atoms with Crippen LogP contribution >= 0.6 is 11.8 Å². The van der Waals surface area contributed by atoms with E-state index in [4.69, 9.17) is 0 Å². The molecule has 1 fully saturated rings. The number of amides is 1. The molecule has 114 valence electrons. The number of hydrogen-bond donors (Lipinski definition) is 0. The van der Waals surface area contributed by atoms with Crippen LogP contribution in [0.25, 0.3) is 0 Å². The molecule has 0 N–H and O–H groups in total. The maximum Gasteiger partial charge on any atom is 0.224 e. The Morgan fingerprint density at radius 1 is 1.33 bits per heavy atom. The molecular weight excluding hydrogens is 310 g/mol. The smallest absolute Gasteiger partial charge is 0.224 e. The van der Waals surface area contributed by atoms with E-state index >= 15 is 0 Å². The first-order valence-corrected chi connectivity index (χ1v) is 9.27. The zero-order chi connectivity index (χ0) is 15.6. The lowest BCUT2D eigenvalue weighted by Gasteiger charge is -2.16. The topological polar surface area (TPSA) is 71.5 Å². The van der Waals surface area contributed by atoms with Gasteiger partial charge in [-0.2, -0.15) is 0 Å². The van der Waals surface area contributed by atoms with E-state index in [0.717, 1.165) is 11.8 Å². The second-order valence-electron chi connectivity index (χ2n) is 5.13. The van der Waals surface area contributed by atoms with E-state index < -0.39 is 9.84 Å². The van der Waals surface area contributed by atoms with Crippen LogP contribution in [0, 0.1) is 0 Å². The summed E-state index contributed by atoms with van der Waals surface area (Å²) in [6.07, 6.45) is 1.54. The molecule has 1 saturated heterocycles. The van der Waals surface area contributed by atoms with Crippen molar-refractivity contribution in [3.05, 3.63) is 29.8 Å². The summed E-state index contributed by atoms with van der Waals surface area (Å²) >= 11 is 1.21. The number of carbonyl (C=O) groups is 2. The van der Waals surface area contributed by atoms with Gasteiger partial charge in [-0.1, -0.05) is 23.9 Å². The van der Waals surface area contributed by atoms with Crippen LogP contribution in [0.5, 0.6) is 0 Å². The Morgan fingerprint density at radius 2 is 1.95 bits per heavy atom. The summed E-state index contributed by atoms with van der Waals surface area (Å²) in [5.74, 6) is 0.0286. The van der Waals surface area contributed by atoms with Gasteiger partial charge >= 0.3 is 0 Å². The molecule has 0 bridgehead atoms. The molecule has 7 heteroatoms. The average molecular weight is 327 g/mol. The Hall–Kier alpha value is -1.34. The number of thioether (sulfide) groups is 1. The lowest BCUT2D eigenvalue weighted by atomic mass is 10.2. The predicted molar refractivity (Wildman–Crippen MR) is 81.6 cm³/mol. The minimum Gasteiger partial charge on any atom is -0.337 e. The normalized spacial score (nSPS) is 19.0. The van der Waals surface area contributed by atoms with Gasteiger partial charge in [0.25, 0.3) is 0 Å². The van der Waals surface area contributed by atoms with Crippen LogP contribution in [0.2, 0.25) is 0 Å². The highest BCUT2D eigenvalue weighted by Crippen LogP contribution is 2.25. The van der Waals surface area contributed by atoms with Crippen molar-refractivity contribution in [1.29, 1.82) is 0 Å². The first-order chi connectivity index (χ1) is 9.75. The first-order valence-electron chi connectivity index (χ1n) is 6.49. The lowest BCUT2D eigenvalue weighted by molar-refractivity contribution is -0.128. The molecule has 21 heavy (non-hydrogen) atoms. The van der Waals surface area contributed by atoms with Crippen LogP contribution in [-0.2, 0) is 26.0 Å². The third kappa shape index (κ3) is 4.31. The van der Waals surface area contributed by atoms with Gasteiger partial charge in [0.05, 0.1) is 4.90 Å². The zero-order valence-electron chi connectivity index (χ0n) is 11.9. The van der Waals surface area contributed by atoms with Crippen molar-refractivity contribution < 1.29 is 18.0 Å². The maximum atomic E-state index is 11.9. The average Bonchev–Trinajstić information content (AvgIpc) is 2.68. The molecule has 5 nitrogen and oxygen atoms in total. The first kappa shape index (κ1) is 16.0. The fourth-order valence-electron chi connectivity index (χ4n) is 2.26. The van der Waals surface area contributed by atoms with Crippen molar-refractivity contribution in [2.24, 2.45) is 0 Å². The van der Waals surface area contributed by atoms with Gasteiger partial charge in [-0.05, 0) is 17.7 Å². The molecule has 1 atom stereocenters. The Kier molecular flexibility index (Phi) is 4.73. The molecule has 1 heterocycles. The summed E-state index contributed by atoms with van der Waals surface area (Å²) in [6, 6.07) is 6.53. The fourth-order valence-corrected chi connectivity index (χ4v) is 3.85. The Balaban J connectivity index is 2.02. The van der Waals surface area contributed by atoms with Crippen molar-refractivity contribution in [2.45, 2.75) is 30.0 Å². The van der Waals surface area contributed by atoms with E-state index in [1.165, 1.54) is 18.7 Å². The van der Waals surface area contributed by atoms with Crippen molar-refractivity contribution in [1.82, 2.24) is 4.90 Å². The van der Waals surface area contributed by atoms with Crippen LogP contribution in [-0.4, -0.2) is 42.4 Å². The quantitative estimate of drug-likeness (QED) is 0.837. The summed E-state index contributed by atoms with van der Waals surface area (Å²) in [5, 5.41) is 0.0393. The van der Waals surface area contributed by atoms with Gasteiger partial charge in [0.1, 0.15) is 0 Å². The Morgan fingerprint density at radius 3 is 2.48 bits per heavy atom.